The van der Waals surface area contributed by atoms with Crippen LogP contribution < -0.4 is 5.32 Å². The number of aromatic nitrogens is 3. The van der Waals surface area contributed by atoms with Crippen molar-refractivity contribution in [3.63, 3.8) is 0 Å². The normalized spacial score (nSPS) is 22.4. The monoisotopic (exact) mass is 286 g/mol. The first-order valence-electron chi connectivity index (χ1n) is 7.83. The Hall–Kier alpha value is -1.91. The lowest BCUT2D eigenvalue weighted by Crippen LogP contribution is -2.41. The molecular formula is C16H22N4O. The topological polar surface area (TPSA) is 59.8 Å². The van der Waals surface area contributed by atoms with Crippen LogP contribution in [0.4, 0.5) is 0 Å². The second kappa shape index (κ2) is 5.84. The molecule has 1 N–H and O–H groups in total. The van der Waals surface area contributed by atoms with E-state index in [0.717, 1.165) is 24.0 Å². The maximum absolute atomic E-state index is 12.4. The number of rotatable bonds is 3. The summed E-state index contributed by atoms with van der Waals surface area (Å²) in [5.41, 5.74) is 2.42. The van der Waals surface area contributed by atoms with Gasteiger partial charge in [-0.25, -0.2) is 4.68 Å². The lowest BCUT2D eigenvalue weighted by molar-refractivity contribution is 0.0910. The van der Waals surface area contributed by atoms with Crippen molar-refractivity contribution in [1.29, 1.82) is 0 Å². The summed E-state index contributed by atoms with van der Waals surface area (Å²) in [6.45, 7) is 5.03. The molecule has 1 aromatic heterocycles. The first-order chi connectivity index (χ1) is 10.2. The maximum atomic E-state index is 12.4. The van der Waals surface area contributed by atoms with Crippen LogP contribution in [0.3, 0.4) is 0 Å². The van der Waals surface area contributed by atoms with Crippen molar-refractivity contribution < 1.29 is 4.79 Å². The number of nitrogens with zero attached hydrogens (tertiary/aromatic N) is 3. The number of carbonyl (C=O) groups excluding carboxylic acids is 1. The molecule has 1 amide bonds. The van der Waals surface area contributed by atoms with Gasteiger partial charge in [-0.1, -0.05) is 25.0 Å². The van der Waals surface area contributed by atoms with Crippen molar-refractivity contribution >= 4 is 16.9 Å². The second-order valence-corrected chi connectivity index (χ2v) is 5.95. The van der Waals surface area contributed by atoms with E-state index in [1.54, 1.807) is 0 Å². The van der Waals surface area contributed by atoms with Crippen molar-refractivity contribution in [3.8, 4) is 0 Å². The largest absolute Gasteiger partial charge is 0.349 e. The predicted octanol–water partition coefficient (Wildman–Crippen LogP) is 2.76. The molecular weight excluding hydrogens is 264 g/mol. The smallest absolute Gasteiger partial charge is 0.251 e. The Bertz CT molecular complexity index is 649. The lowest BCUT2D eigenvalue weighted by Gasteiger charge is -2.29. The number of hydrogen-bond acceptors (Lipinski definition) is 3. The van der Waals surface area contributed by atoms with E-state index in [4.69, 9.17) is 0 Å². The fourth-order valence-electron chi connectivity index (χ4n) is 3.13. The molecule has 1 fully saturated rings. The molecule has 0 aliphatic heterocycles. The van der Waals surface area contributed by atoms with Crippen LogP contribution in [-0.2, 0) is 6.54 Å². The van der Waals surface area contributed by atoms with Crippen molar-refractivity contribution in [3.05, 3.63) is 23.8 Å². The summed E-state index contributed by atoms with van der Waals surface area (Å²) < 4.78 is 1.83. The summed E-state index contributed by atoms with van der Waals surface area (Å²) in [6, 6.07) is 5.92. The Morgan fingerprint density at radius 1 is 1.38 bits per heavy atom. The van der Waals surface area contributed by atoms with E-state index in [-0.39, 0.29) is 5.91 Å². The summed E-state index contributed by atoms with van der Waals surface area (Å²) >= 11 is 0. The molecule has 0 radical (unpaired) electrons. The highest BCUT2D eigenvalue weighted by Gasteiger charge is 2.23. The first-order valence-corrected chi connectivity index (χ1v) is 7.83. The molecule has 21 heavy (non-hydrogen) atoms. The van der Waals surface area contributed by atoms with Crippen LogP contribution in [-0.4, -0.2) is 26.9 Å². The molecule has 5 heteroatoms. The molecule has 5 nitrogen and oxygen atoms in total. The first kappa shape index (κ1) is 14.0. The molecule has 1 heterocycles. The highest BCUT2D eigenvalue weighted by atomic mass is 16.1. The minimum absolute atomic E-state index is 0.00157. The van der Waals surface area contributed by atoms with Crippen molar-refractivity contribution in [1.82, 2.24) is 20.3 Å². The van der Waals surface area contributed by atoms with Crippen LogP contribution in [0.1, 0.15) is 49.9 Å². The highest BCUT2D eigenvalue weighted by Crippen LogP contribution is 2.24. The van der Waals surface area contributed by atoms with Gasteiger partial charge in [0, 0.05) is 18.2 Å². The Kier molecular flexibility index (Phi) is 3.90. The maximum Gasteiger partial charge on any atom is 0.251 e. The van der Waals surface area contributed by atoms with Crippen LogP contribution in [0.15, 0.2) is 18.2 Å². The summed E-state index contributed by atoms with van der Waals surface area (Å²) in [4.78, 5) is 12.4. The second-order valence-electron chi connectivity index (χ2n) is 5.95. The summed E-state index contributed by atoms with van der Waals surface area (Å²) in [6.07, 6.45) is 4.77. The highest BCUT2D eigenvalue weighted by molar-refractivity contribution is 5.97. The van der Waals surface area contributed by atoms with Gasteiger partial charge in [-0.3, -0.25) is 4.79 Å². The quantitative estimate of drug-likeness (QED) is 0.943. The van der Waals surface area contributed by atoms with Crippen LogP contribution in [0.5, 0.6) is 0 Å². The van der Waals surface area contributed by atoms with E-state index < -0.39 is 0 Å². The molecule has 1 aliphatic carbocycles. The molecule has 112 valence electrons. The number of amides is 1. The van der Waals surface area contributed by atoms with Gasteiger partial charge in [0.25, 0.3) is 5.91 Å². The number of fused-ring (bicyclic) bond motifs is 1. The van der Waals surface area contributed by atoms with Gasteiger partial charge in [-0.05, 0) is 43.9 Å². The summed E-state index contributed by atoms with van der Waals surface area (Å²) in [7, 11) is 0. The van der Waals surface area contributed by atoms with Crippen molar-refractivity contribution in [2.24, 2.45) is 5.92 Å². The van der Waals surface area contributed by atoms with Gasteiger partial charge in [0.2, 0.25) is 0 Å². The molecule has 0 bridgehead atoms. The Labute approximate surface area is 124 Å². The van der Waals surface area contributed by atoms with E-state index >= 15 is 0 Å². The SMILES string of the molecule is CCn1nnc2cc(C(=O)N[C@H]3CCCC[C@@H]3C)ccc21. The summed E-state index contributed by atoms with van der Waals surface area (Å²) in [5, 5.41) is 11.4. The van der Waals surface area contributed by atoms with Crippen molar-refractivity contribution in [2.75, 3.05) is 0 Å². The molecule has 1 aromatic carbocycles. The van der Waals surface area contributed by atoms with Gasteiger partial charge in [0.15, 0.2) is 0 Å². The number of benzene rings is 1. The van der Waals surface area contributed by atoms with E-state index in [1.165, 1.54) is 19.3 Å². The zero-order valence-corrected chi connectivity index (χ0v) is 12.7. The summed E-state index contributed by atoms with van der Waals surface area (Å²) in [5.74, 6) is 0.564. The number of aryl methyl sites for hydroxylation is 1. The molecule has 0 unspecified atom stereocenters. The zero-order valence-electron chi connectivity index (χ0n) is 12.7. The van der Waals surface area contributed by atoms with E-state index in [9.17, 15) is 4.79 Å². The molecule has 3 rings (SSSR count). The zero-order chi connectivity index (χ0) is 14.8. The molecule has 1 saturated carbocycles. The third-order valence-electron chi connectivity index (χ3n) is 4.50. The third-order valence-corrected chi connectivity index (χ3v) is 4.50. The fourth-order valence-corrected chi connectivity index (χ4v) is 3.13. The minimum atomic E-state index is 0.00157. The van der Waals surface area contributed by atoms with Gasteiger partial charge < -0.3 is 5.32 Å². The number of hydrogen-bond donors (Lipinski definition) is 1. The molecule has 1 aliphatic rings. The average Bonchev–Trinajstić information content (AvgIpc) is 2.91. The van der Waals surface area contributed by atoms with E-state index in [1.807, 2.05) is 29.8 Å². The Morgan fingerprint density at radius 3 is 2.95 bits per heavy atom. The van der Waals surface area contributed by atoms with Gasteiger partial charge in [-0.15, -0.1) is 5.10 Å². The van der Waals surface area contributed by atoms with Crippen LogP contribution in [0.25, 0.3) is 11.0 Å². The van der Waals surface area contributed by atoms with Gasteiger partial charge in [0.05, 0.1) is 5.52 Å². The Morgan fingerprint density at radius 2 is 2.19 bits per heavy atom. The van der Waals surface area contributed by atoms with E-state index in [0.29, 0.717) is 17.5 Å². The Balaban J connectivity index is 1.78. The number of carbonyl (C=O) groups is 1. The predicted molar refractivity (Wildman–Crippen MR) is 82.1 cm³/mol. The van der Waals surface area contributed by atoms with Crippen LogP contribution in [0, 0.1) is 5.92 Å². The van der Waals surface area contributed by atoms with Gasteiger partial charge in [0.1, 0.15) is 5.52 Å². The molecule has 2 aromatic rings. The van der Waals surface area contributed by atoms with Gasteiger partial charge in [-0.2, -0.15) is 0 Å². The molecule has 0 spiro atoms. The number of nitrogens with one attached hydrogen (secondary N) is 1. The standard InChI is InChI=1S/C16H22N4O/c1-3-20-15-9-8-12(10-14(15)18-19-20)16(21)17-13-7-5-4-6-11(13)2/h8-11,13H,3-7H2,1-2H3,(H,17,21)/t11-,13-/m0/s1. The van der Waals surface area contributed by atoms with Crippen molar-refractivity contribution in [2.45, 2.75) is 52.1 Å². The van der Waals surface area contributed by atoms with E-state index in [2.05, 4.69) is 22.6 Å². The fraction of sp³-hybridized carbons (Fsp3) is 0.562. The third kappa shape index (κ3) is 2.77. The minimum Gasteiger partial charge on any atom is -0.349 e. The average molecular weight is 286 g/mol. The lowest BCUT2D eigenvalue weighted by atomic mass is 9.86. The van der Waals surface area contributed by atoms with Crippen LogP contribution >= 0.6 is 0 Å². The molecule has 0 saturated heterocycles. The molecule has 2 atom stereocenters. The van der Waals surface area contributed by atoms with Gasteiger partial charge >= 0.3 is 0 Å². The van der Waals surface area contributed by atoms with Crippen LogP contribution in [0.2, 0.25) is 0 Å².